The standard InChI is InChI=1S/C13H28N2O/c1-10(2)6-7-15(5)13(16)12(9-14)8-11(3)4/h10-12H,6-9,14H2,1-5H3. The molecule has 0 heterocycles. The fraction of sp³-hybridized carbons (Fsp3) is 0.923. The first-order valence-corrected chi connectivity index (χ1v) is 6.33. The third-order valence-corrected chi connectivity index (χ3v) is 2.81. The van der Waals surface area contributed by atoms with Crippen molar-refractivity contribution in [3.63, 3.8) is 0 Å². The SMILES string of the molecule is CC(C)CCN(C)C(=O)C(CN)CC(C)C. The molecule has 0 aliphatic rings. The predicted octanol–water partition coefficient (Wildman–Crippen LogP) is 2.11. The monoisotopic (exact) mass is 228 g/mol. The minimum Gasteiger partial charge on any atom is -0.345 e. The van der Waals surface area contributed by atoms with Crippen molar-refractivity contribution in [3.8, 4) is 0 Å². The quantitative estimate of drug-likeness (QED) is 0.725. The van der Waals surface area contributed by atoms with Crippen LogP contribution in [0.1, 0.15) is 40.5 Å². The summed E-state index contributed by atoms with van der Waals surface area (Å²) in [5.41, 5.74) is 5.67. The molecule has 0 radical (unpaired) electrons. The Bertz CT molecular complexity index is 202. The highest BCUT2D eigenvalue weighted by molar-refractivity contribution is 5.78. The molecule has 1 atom stereocenters. The third-order valence-electron chi connectivity index (χ3n) is 2.81. The van der Waals surface area contributed by atoms with E-state index in [9.17, 15) is 4.79 Å². The van der Waals surface area contributed by atoms with Crippen molar-refractivity contribution in [2.75, 3.05) is 20.1 Å². The Morgan fingerprint density at radius 3 is 2.12 bits per heavy atom. The van der Waals surface area contributed by atoms with Crippen molar-refractivity contribution in [3.05, 3.63) is 0 Å². The molecule has 0 aromatic carbocycles. The molecule has 0 aliphatic carbocycles. The predicted molar refractivity (Wildman–Crippen MR) is 69.1 cm³/mol. The molecule has 0 saturated heterocycles. The number of rotatable bonds is 7. The van der Waals surface area contributed by atoms with Crippen LogP contribution < -0.4 is 5.73 Å². The van der Waals surface area contributed by atoms with Crippen LogP contribution in [-0.4, -0.2) is 30.9 Å². The summed E-state index contributed by atoms with van der Waals surface area (Å²) < 4.78 is 0. The minimum absolute atomic E-state index is 0.00263. The lowest BCUT2D eigenvalue weighted by atomic mass is 9.96. The molecule has 3 nitrogen and oxygen atoms in total. The number of nitrogens with zero attached hydrogens (tertiary/aromatic N) is 1. The molecule has 1 amide bonds. The molecule has 0 aromatic heterocycles. The Morgan fingerprint density at radius 1 is 1.19 bits per heavy atom. The summed E-state index contributed by atoms with van der Waals surface area (Å²) in [6.07, 6.45) is 1.95. The highest BCUT2D eigenvalue weighted by Crippen LogP contribution is 2.13. The second-order valence-electron chi connectivity index (χ2n) is 5.50. The van der Waals surface area contributed by atoms with Gasteiger partial charge in [-0.25, -0.2) is 0 Å². The van der Waals surface area contributed by atoms with Gasteiger partial charge >= 0.3 is 0 Å². The molecule has 96 valence electrons. The molecule has 3 heteroatoms. The Hall–Kier alpha value is -0.570. The zero-order valence-corrected chi connectivity index (χ0v) is 11.5. The Morgan fingerprint density at radius 2 is 1.75 bits per heavy atom. The third kappa shape index (κ3) is 6.11. The zero-order chi connectivity index (χ0) is 12.7. The van der Waals surface area contributed by atoms with E-state index in [0.29, 0.717) is 18.4 Å². The van der Waals surface area contributed by atoms with E-state index in [1.54, 1.807) is 0 Å². The van der Waals surface area contributed by atoms with Gasteiger partial charge in [0.1, 0.15) is 0 Å². The van der Waals surface area contributed by atoms with Crippen molar-refractivity contribution in [2.45, 2.75) is 40.5 Å². The minimum atomic E-state index is -0.00263. The fourth-order valence-electron chi connectivity index (χ4n) is 1.74. The molecule has 0 saturated carbocycles. The summed E-state index contributed by atoms with van der Waals surface area (Å²) in [5.74, 6) is 1.36. The lowest BCUT2D eigenvalue weighted by Gasteiger charge is -2.24. The van der Waals surface area contributed by atoms with E-state index < -0.39 is 0 Å². The van der Waals surface area contributed by atoms with E-state index >= 15 is 0 Å². The van der Waals surface area contributed by atoms with Gasteiger partial charge in [0.15, 0.2) is 0 Å². The van der Waals surface area contributed by atoms with E-state index in [2.05, 4.69) is 27.7 Å². The number of nitrogens with two attached hydrogens (primary N) is 1. The van der Waals surface area contributed by atoms with E-state index in [1.165, 1.54) is 0 Å². The van der Waals surface area contributed by atoms with Crippen LogP contribution in [0.25, 0.3) is 0 Å². The van der Waals surface area contributed by atoms with Crippen LogP contribution >= 0.6 is 0 Å². The smallest absolute Gasteiger partial charge is 0.226 e. The highest BCUT2D eigenvalue weighted by Gasteiger charge is 2.21. The van der Waals surface area contributed by atoms with E-state index in [1.807, 2.05) is 11.9 Å². The summed E-state index contributed by atoms with van der Waals surface area (Å²) in [7, 11) is 1.88. The van der Waals surface area contributed by atoms with Crippen LogP contribution in [0.5, 0.6) is 0 Å². The molecular weight excluding hydrogens is 200 g/mol. The number of amides is 1. The van der Waals surface area contributed by atoms with Gasteiger partial charge in [-0.2, -0.15) is 0 Å². The number of carbonyl (C=O) groups excluding carboxylic acids is 1. The van der Waals surface area contributed by atoms with Crippen LogP contribution in [0.3, 0.4) is 0 Å². The maximum Gasteiger partial charge on any atom is 0.226 e. The Kier molecular flexibility index (Phi) is 7.39. The van der Waals surface area contributed by atoms with Gasteiger partial charge in [-0.3, -0.25) is 4.79 Å². The first-order valence-electron chi connectivity index (χ1n) is 6.33. The van der Waals surface area contributed by atoms with Gasteiger partial charge in [-0.15, -0.1) is 0 Å². The molecule has 2 N–H and O–H groups in total. The molecule has 16 heavy (non-hydrogen) atoms. The van der Waals surface area contributed by atoms with Gasteiger partial charge in [-0.1, -0.05) is 27.7 Å². The summed E-state index contributed by atoms with van der Waals surface area (Å²) in [5, 5.41) is 0. The molecule has 0 rings (SSSR count). The molecule has 0 spiro atoms. The highest BCUT2D eigenvalue weighted by atomic mass is 16.2. The molecule has 1 unspecified atom stereocenters. The lowest BCUT2D eigenvalue weighted by Crippen LogP contribution is -2.38. The van der Waals surface area contributed by atoms with Crippen LogP contribution in [-0.2, 0) is 4.79 Å². The summed E-state index contributed by atoms with van der Waals surface area (Å²) >= 11 is 0. The van der Waals surface area contributed by atoms with Crippen molar-refractivity contribution >= 4 is 5.91 Å². The maximum atomic E-state index is 12.1. The van der Waals surface area contributed by atoms with Crippen molar-refractivity contribution in [1.29, 1.82) is 0 Å². The molecule has 0 aliphatic heterocycles. The van der Waals surface area contributed by atoms with Gasteiger partial charge in [-0.05, 0) is 24.7 Å². The Balaban J connectivity index is 4.16. The number of carbonyl (C=O) groups is 1. The largest absolute Gasteiger partial charge is 0.345 e. The van der Waals surface area contributed by atoms with Crippen molar-refractivity contribution < 1.29 is 4.79 Å². The molecule has 0 fully saturated rings. The van der Waals surface area contributed by atoms with Gasteiger partial charge in [0, 0.05) is 20.1 Å². The normalized spacial score (nSPS) is 13.2. The topological polar surface area (TPSA) is 46.3 Å². The first-order chi connectivity index (χ1) is 7.38. The summed E-state index contributed by atoms with van der Waals surface area (Å²) in [4.78, 5) is 13.9. The van der Waals surface area contributed by atoms with Gasteiger partial charge in [0.2, 0.25) is 5.91 Å². The van der Waals surface area contributed by atoms with E-state index in [-0.39, 0.29) is 11.8 Å². The van der Waals surface area contributed by atoms with Crippen LogP contribution in [0, 0.1) is 17.8 Å². The van der Waals surface area contributed by atoms with Crippen LogP contribution in [0.2, 0.25) is 0 Å². The van der Waals surface area contributed by atoms with Crippen molar-refractivity contribution in [2.24, 2.45) is 23.5 Å². The number of hydrogen-bond acceptors (Lipinski definition) is 2. The fourth-order valence-corrected chi connectivity index (χ4v) is 1.74. The first kappa shape index (κ1) is 15.4. The van der Waals surface area contributed by atoms with Crippen LogP contribution in [0.4, 0.5) is 0 Å². The Labute approximate surface area is 100 Å². The van der Waals surface area contributed by atoms with Gasteiger partial charge < -0.3 is 10.6 Å². The average Bonchev–Trinajstić information content (AvgIpc) is 2.21. The zero-order valence-electron chi connectivity index (χ0n) is 11.5. The van der Waals surface area contributed by atoms with Crippen molar-refractivity contribution in [1.82, 2.24) is 4.90 Å². The van der Waals surface area contributed by atoms with Crippen LogP contribution in [0.15, 0.2) is 0 Å². The van der Waals surface area contributed by atoms with Gasteiger partial charge in [0.05, 0.1) is 5.92 Å². The lowest BCUT2D eigenvalue weighted by molar-refractivity contribution is -0.134. The molecule has 0 bridgehead atoms. The average molecular weight is 228 g/mol. The van der Waals surface area contributed by atoms with E-state index in [4.69, 9.17) is 5.73 Å². The second-order valence-corrected chi connectivity index (χ2v) is 5.50. The summed E-state index contributed by atoms with van der Waals surface area (Å²) in [6.45, 7) is 9.90. The molecule has 0 aromatic rings. The van der Waals surface area contributed by atoms with E-state index in [0.717, 1.165) is 19.4 Å². The molecular formula is C13H28N2O. The second kappa shape index (κ2) is 7.66. The van der Waals surface area contributed by atoms with Gasteiger partial charge in [0.25, 0.3) is 0 Å². The maximum absolute atomic E-state index is 12.1. The number of hydrogen-bond donors (Lipinski definition) is 1. The summed E-state index contributed by atoms with van der Waals surface area (Å²) in [6, 6.07) is 0.